The van der Waals surface area contributed by atoms with Crippen molar-refractivity contribution in [1.82, 2.24) is 9.97 Å². The first-order valence-corrected chi connectivity index (χ1v) is 8.60. The Morgan fingerprint density at radius 3 is 2.07 bits per heavy atom. The van der Waals surface area contributed by atoms with E-state index in [9.17, 15) is 4.79 Å². The molecule has 0 unspecified atom stereocenters. The Morgan fingerprint density at radius 2 is 1.48 bits per heavy atom. The van der Waals surface area contributed by atoms with Crippen molar-refractivity contribution in [3.05, 3.63) is 71.0 Å². The molecule has 0 aliphatic heterocycles. The van der Waals surface area contributed by atoms with Gasteiger partial charge in [0.2, 0.25) is 0 Å². The van der Waals surface area contributed by atoms with E-state index in [1.807, 2.05) is 31.2 Å². The fraction of sp³-hybridized carbons (Fsp3) is 0.190. The predicted molar refractivity (Wildman–Crippen MR) is 107 cm³/mol. The van der Waals surface area contributed by atoms with Gasteiger partial charge in [0.25, 0.3) is 0 Å². The molecule has 3 rings (SSSR count). The first kappa shape index (κ1) is 18.4. The summed E-state index contributed by atoms with van der Waals surface area (Å²) in [7, 11) is 1.36. The van der Waals surface area contributed by atoms with Crippen LogP contribution >= 0.6 is 0 Å². The Bertz CT molecular complexity index is 948. The number of nitrogens with zero attached hydrogens (tertiary/aromatic N) is 2. The average Bonchev–Trinajstić information content (AvgIpc) is 2.64. The van der Waals surface area contributed by atoms with E-state index < -0.39 is 0 Å². The van der Waals surface area contributed by atoms with Gasteiger partial charge in [-0.25, -0.2) is 14.8 Å². The number of rotatable bonds is 5. The summed E-state index contributed by atoms with van der Waals surface area (Å²) in [5.41, 5.74) is 4.67. The molecule has 0 saturated heterocycles. The minimum absolute atomic E-state index is 0.362. The fourth-order valence-electron chi connectivity index (χ4n) is 2.79. The van der Waals surface area contributed by atoms with E-state index >= 15 is 0 Å². The molecule has 1 heterocycles. The lowest BCUT2D eigenvalue weighted by atomic mass is 10.1. The number of hydrogen-bond donors (Lipinski definition) is 2. The lowest BCUT2D eigenvalue weighted by Gasteiger charge is -2.14. The molecule has 0 saturated carbocycles. The third-order valence-electron chi connectivity index (χ3n) is 4.15. The number of para-hydroxylation sites is 1. The number of hydrogen-bond acceptors (Lipinski definition) is 6. The van der Waals surface area contributed by atoms with Gasteiger partial charge >= 0.3 is 5.97 Å². The van der Waals surface area contributed by atoms with Gasteiger partial charge in [0.1, 0.15) is 17.5 Å². The molecule has 6 nitrogen and oxygen atoms in total. The van der Waals surface area contributed by atoms with Crippen LogP contribution in [-0.4, -0.2) is 23.0 Å². The Balaban J connectivity index is 1.82. The highest BCUT2D eigenvalue weighted by Gasteiger charge is 2.08. The molecular formula is C21H22N4O2. The molecule has 0 aliphatic rings. The van der Waals surface area contributed by atoms with Crippen molar-refractivity contribution in [1.29, 1.82) is 0 Å². The molecule has 0 amide bonds. The highest BCUT2D eigenvalue weighted by molar-refractivity contribution is 5.89. The number of ether oxygens (including phenoxy) is 1. The molecule has 1 aromatic heterocycles. The van der Waals surface area contributed by atoms with Gasteiger partial charge in [-0.05, 0) is 56.2 Å². The molecule has 0 atom stereocenters. The SMILES string of the molecule is COC(=O)c1ccc(Nc2cc(Nc3c(C)cccc3C)nc(C)n2)cc1. The summed E-state index contributed by atoms with van der Waals surface area (Å²) < 4.78 is 4.71. The van der Waals surface area contributed by atoms with Gasteiger partial charge in [-0.1, -0.05) is 18.2 Å². The summed E-state index contributed by atoms with van der Waals surface area (Å²) in [6.07, 6.45) is 0. The molecule has 0 aliphatic carbocycles. The third-order valence-corrected chi connectivity index (χ3v) is 4.15. The van der Waals surface area contributed by atoms with Gasteiger partial charge in [-0.2, -0.15) is 0 Å². The lowest BCUT2D eigenvalue weighted by molar-refractivity contribution is 0.0601. The summed E-state index contributed by atoms with van der Waals surface area (Å²) in [6.45, 7) is 5.97. The Labute approximate surface area is 158 Å². The molecule has 2 N–H and O–H groups in total. The van der Waals surface area contributed by atoms with Gasteiger partial charge in [0.15, 0.2) is 0 Å². The maximum absolute atomic E-state index is 11.5. The topological polar surface area (TPSA) is 76.1 Å². The number of aromatic nitrogens is 2. The van der Waals surface area contributed by atoms with Crippen molar-refractivity contribution in [2.24, 2.45) is 0 Å². The van der Waals surface area contributed by atoms with Gasteiger partial charge in [-0.3, -0.25) is 0 Å². The standard InChI is InChI=1S/C21H22N4O2/c1-13-6-5-7-14(2)20(13)25-19-12-18(22-15(3)23-19)24-17-10-8-16(9-11-17)21(26)27-4/h5-12H,1-4H3,(H2,22,23,24,25). The molecule has 0 fully saturated rings. The number of benzene rings is 2. The second-order valence-electron chi connectivity index (χ2n) is 6.27. The summed E-state index contributed by atoms with van der Waals surface area (Å²) in [5.74, 6) is 1.68. The van der Waals surface area contributed by atoms with Crippen LogP contribution in [0.3, 0.4) is 0 Å². The molecule has 0 spiro atoms. The van der Waals surface area contributed by atoms with Crippen molar-refractivity contribution in [3.8, 4) is 0 Å². The molecule has 138 valence electrons. The van der Waals surface area contributed by atoms with Crippen LogP contribution < -0.4 is 10.6 Å². The lowest BCUT2D eigenvalue weighted by Crippen LogP contribution is -2.04. The zero-order valence-electron chi connectivity index (χ0n) is 15.8. The molecule has 27 heavy (non-hydrogen) atoms. The number of carbonyl (C=O) groups is 1. The number of esters is 1. The molecular weight excluding hydrogens is 340 g/mol. The first-order valence-electron chi connectivity index (χ1n) is 8.60. The van der Waals surface area contributed by atoms with E-state index in [1.165, 1.54) is 7.11 Å². The van der Waals surface area contributed by atoms with Crippen LogP contribution in [0.25, 0.3) is 0 Å². The summed E-state index contributed by atoms with van der Waals surface area (Å²) in [4.78, 5) is 20.4. The Hall–Kier alpha value is -3.41. The Kier molecular flexibility index (Phi) is 5.35. The summed E-state index contributed by atoms with van der Waals surface area (Å²) in [5, 5.41) is 6.63. The summed E-state index contributed by atoms with van der Waals surface area (Å²) in [6, 6.07) is 15.0. The van der Waals surface area contributed by atoms with Crippen molar-refractivity contribution in [2.45, 2.75) is 20.8 Å². The zero-order valence-corrected chi connectivity index (χ0v) is 15.8. The molecule has 3 aromatic rings. The maximum atomic E-state index is 11.5. The smallest absolute Gasteiger partial charge is 0.337 e. The number of aryl methyl sites for hydroxylation is 3. The second kappa shape index (κ2) is 7.86. The van der Waals surface area contributed by atoms with Crippen LogP contribution in [0.5, 0.6) is 0 Å². The highest BCUT2D eigenvalue weighted by Crippen LogP contribution is 2.25. The third kappa shape index (κ3) is 4.41. The first-order chi connectivity index (χ1) is 13.0. The van der Waals surface area contributed by atoms with Crippen LogP contribution in [0.2, 0.25) is 0 Å². The van der Waals surface area contributed by atoms with Crippen molar-refractivity contribution in [2.75, 3.05) is 17.7 Å². The normalized spacial score (nSPS) is 10.4. The minimum Gasteiger partial charge on any atom is -0.465 e. The minimum atomic E-state index is -0.362. The highest BCUT2D eigenvalue weighted by atomic mass is 16.5. The van der Waals surface area contributed by atoms with Crippen LogP contribution in [0.1, 0.15) is 27.3 Å². The second-order valence-corrected chi connectivity index (χ2v) is 6.27. The number of anilines is 4. The van der Waals surface area contributed by atoms with Crippen LogP contribution in [0, 0.1) is 20.8 Å². The summed E-state index contributed by atoms with van der Waals surface area (Å²) >= 11 is 0. The van der Waals surface area contributed by atoms with Crippen molar-refractivity contribution in [3.63, 3.8) is 0 Å². The molecule has 6 heteroatoms. The molecule has 0 bridgehead atoms. The quantitative estimate of drug-likeness (QED) is 0.642. The van der Waals surface area contributed by atoms with Gasteiger partial charge < -0.3 is 15.4 Å². The van der Waals surface area contributed by atoms with E-state index in [-0.39, 0.29) is 5.97 Å². The van der Waals surface area contributed by atoms with Gasteiger partial charge in [0, 0.05) is 17.4 Å². The molecule has 2 aromatic carbocycles. The van der Waals surface area contributed by atoms with E-state index in [0.717, 1.165) is 22.5 Å². The zero-order chi connectivity index (χ0) is 19.4. The maximum Gasteiger partial charge on any atom is 0.337 e. The Morgan fingerprint density at radius 1 is 0.889 bits per heavy atom. The number of nitrogens with one attached hydrogen (secondary N) is 2. The van der Waals surface area contributed by atoms with Crippen LogP contribution in [-0.2, 0) is 4.74 Å². The number of methoxy groups -OCH3 is 1. The molecule has 0 radical (unpaired) electrons. The van der Waals surface area contributed by atoms with Gasteiger partial charge in [-0.15, -0.1) is 0 Å². The predicted octanol–water partition coefficient (Wildman–Crippen LogP) is 4.68. The fourth-order valence-corrected chi connectivity index (χ4v) is 2.79. The van der Waals surface area contributed by atoms with E-state index in [4.69, 9.17) is 4.74 Å². The van der Waals surface area contributed by atoms with E-state index in [2.05, 4.69) is 46.6 Å². The largest absolute Gasteiger partial charge is 0.465 e. The number of carbonyl (C=O) groups excluding carboxylic acids is 1. The van der Waals surface area contributed by atoms with Crippen LogP contribution in [0.15, 0.2) is 48.5 Å². The van der Waals surface area contributed by atoms with Gasteiger partial charge in [0.05, 0.1) is 12.7 Å². The van der Waals surface area contributed by atoms with Crippen molar-refractivity contribution < 1.29 is 9.53 Å². The van der Waals surface area contributed by atoms with E-state index in [1.54, 1.807) is 12.1 Å². The monoisotopic (exact) mass is 362 g/mol. The van der Waals surface area contributed by atoms with Crippen LogP contribution in [0.4, 0.5) is 23.0 Å². The van der Waals surface area contributed by atoms with Crippen molar-refractivity contribution >= 4 is 29.0 Å². The average molecular weight is 362 g/mol. The van der Waals surface area contributed by atoms with E-state index in [0.29, 0.717) is 23.0 Å².